The minimum atomic E-state index is -0.553. The van der Waals surface area contributed by atoms with Crippen LogP contribution in [0.2, 0.25) is 4.34 Å². The van der Waals surface area contributed by atoms with Crippen molar-refractivity contribution in [1.82, 2.24) is 4.90 Å². The molecule has 0 aliphatic carbocycles. The number of nitrogen functional groups attached to an aromatic ring is 1. The first-order chi connectivity index (χ1) is 10.0. The summed E-state index contributed by atoms with van der Waals surface area (Å²) in [4.78, 5) is 3.22. The number of anilines is 1. The van der Waals surface area contributed by atoms with Crippen molar-refractivity contribution in [2.45, 2.75) is 12.6 Å². The van der Waals surface area contributed by atoms with E-state index in [9.17, 15) is 5.11 Å². The number of aliphatic hydroxyl groups is 1. The summed E-state index contributed by atoms with van der Waals surface area (Å²) in [5.41, 5.74) is 6.30. The fraction of sp³-hybridized carbons (Fsp3) is 0.333. The van der Waals surface area contributed by atoms with Crippen LogP contribution in [0, 0.1) is 0 Å². The van der Waals surface area contributed by atoms with Crippen molar-refractivity contribution in [3.63, 3.8) is 0 Å². The van der Waals surface area contributed by atoms with Gasteiger partial charge in [-0.25, -0.2) is 0 Å². The second kappa shape index (κ2) is 7.66. The SMILES string of the molecule is CN(Cc1ccc(Cl)s1)CC(O)COc1ccc(N)cc1. The van der Waals surface area contributed by atoms with Gasteiger partial charge < -0.3 is 15.6 Å². The van der Waals surface area contributed by atoms with Gasteiger partial charge >= 0.3 is 0 Å². The molecular formula is C15H19ClN2O2S. The molecule has 1 unspecified atom stereocenters. The van der Waals surface area contributed by atoms with E-state index >= 15 is 0 Å². The summed E-state index contributed by atoms with van der Waals surface area (Å²) in [6, 6.07) is 11.0. The van der Waals surface area contributed by atoms with Crippen molar-refractivity contribution in [3.8, 4) is 5.75 Å². The quantitative estimate of drug-likeness (QED) is 0.768. The molecule has 21 heavy (non-hydrogen) atoms. The van der Waals surface area contributed by atoms with E-state index in [-0.39, 0.29) is 6.61 Å². The van der Waals surface area contributed by atoms with Crippen molar-refractivity contribution < 1.29 is 9.84 Å². The Bertz CT molecular complexity index is 559. The highest BCUT2D eigenvalue weighted by Gasteiger charge is 2.10. The standard InChI is InChI=1S/C15H19ClN2O2S/c1-18(9-14-6-7-15(16)21-14)8-12(19)10-20-13-4-2-11(17)3-5-13/h2-7,12,19H,8-10,17H2,1H3. The summed E-state index contributed by atoms with van der Waals surface area (Å²) in [6.45, 7) is 1.54. The molecule has 4 nitrogen and oxygen atoms in total. The van der Waals surface area contributed by atoms with E-state index < -0.39 is 6.10 Å². The van der Waals surface area contributed by atoms with Crippen LogP contribution in [0.5, 0.6) is 5.75 Å². The predicted molar refractivity (Wildman–Crippen MR) is 88.0 cm³/mol. The molecular weight excluding hydrogens is 308 g/mol. The number of nitrogens with zero attached hydrogens (tertiary/aromatic N) is 1. The van der Waals surface area contributed by atoms with Gasteiger partial charge in [-0.3, -0.25) is 4.90 Å². The van der Waals surface area contributed by atoms with Gasteiger partial charge in [0, 0.05) is 23.7 Å². The molecule has 0 radical (unpaired) electrons. The van der Waals surface area contributed by atoms with Gasteiger partial charge in [-0.2, -0.15) is 0 Å². The van der Waals surface area contributed by atoms with Crippen LogP contribution in [0.25, 0.3) is 0 Å². The van der Waals surface area contributed by atoms with Gasteiger partial charge in [0.25, 0.3) is 0 Å². The van der Waals surface area contributed by atoms with Gasteiger partial charge in [0.15, 0.2) is 0 Å². The van der Waals surface area contributed by atoms with Crippen molar-refractivity contribution in [2.24, 2.45) is 0 Å². The lowest BCUT2D eigenvalue weighted by atomic mass is 10.3. The van der Waals surface area contributed by atoms with Crippen LogP contribution in [0.3, 0.4) is 0 Å². The van der Waals surface area contributed by atoms with Gasteiger partial charge in [0.2, 0.25) is 0 Å². The summed E-state index contributed by atoms with van der Waals surface area (Å²) in [5, 5.41) is 10.0. The van der Waals surface area contributed by atoms with Crippen LogP contribution >= 0.6 is 22.9 Å². The van der Waals surface area contributed by atoms with E-state index in [1.807, 2.05) is 24.1 Å². The Morgan fingerprint density at radius 2 is 2.00 bits per heavy atom. The normalized spacial score (nSPS) is 12.6. The zero-order valence-electron chi connectivity index (χ0n) is 11.8. The number of rotatable bonds is 7. The summed E-state index contributed by atoms with van der Waals surface area (Å²) >= 11 is 7.45. The van der Waals surface area contributed by atoms with Gasteiger partial charge in [0.05, 0.1) is 4.34 Å². The molecule has 0 spiro atoms. The number of benzene rings is 1. The van der Waals surface area contributed by atoms with Crippen molar-refractivity contribution in [1.29, 1.82) is 0 Å². The second-order valence-electron chi connectivity index (χ2n) is 4.94. The maximum Gasteiger partial charge on any atom is 0.119 e. The van der Waals surface area contributed by atoms with E-state index in [0.29, 0.717) is 18.0 Å². The fourth-order valence-corrected chi connectivity index (χ4v) is 3.10. The summed E-state index contributed by atoms with van der Waals surface area (Å²) in [7, 11) is 1.96. The molecule has 6 heteroatoms. The van der Waals surface area contributed by atoms with Crippen molar-refractivity contribution >= 4 is 28.6 Å². The number of likely N-dealkylation sites (N-methyl/N-ethyl adjacent to an activating group) is 1. The maximum atomic E-state index is 10.0. The van der Waals surface area contributed by atoms with Gasteiger partial charge in [-0.05, 0) is 43.4 Å². The van der Waals surface area contributed by atoms with E-state index in [1.165, 1.54) is 4.88 Å². The number of hydrogen-bond donors (Lipinski definition) is 2. The molecule has 1 aromatic heterocycles. The van der Waals surface area contributed by atoms with Crippen molar-refractivity contribution in [2.75, 3.05) is 25.9 Å². The first-order valence-electron chi connectivity index (χ1n) is 6.62. The molecule has 2 aromatic rings. The topological polar surface area (TPSA) is 58.7 Å². The van der Waals surface area contributed by atoms with Crippen LogP contribution in [0.15, 0.2) is 36.4 Å². The Morgan fingerprint density at radius 3 is 2.62 bits per heavy atom. The molecule has 0 saturated heterocycles. The van der Waals surface area contributed by atoms with Crippen LogP contribution in [0.1, 0.15) is 4.88 Å². The molecule has 3 N–H and O–H groups in total. The average molecular weight is 327 g/mol. The van der Waals surface area contributed by atoms with Gasteiger partial charge in [-0.15, -0.1) is 11.3 Å². The lowest BCUT2D eigenvalue weighted by Gasteiger charge is -2.20. The van der Waals surface area contributed by atoms with Crippen LogP contribution in [0.4, 0.5) is 5.69 Å². The van der Waals surface area contributed by atoms with Crippen molar-refractivity contribution in [3.05, 3.63) is 45.6 Å². The van der Waals surface area contributed by atoms with Crippen LogP contribution in [-0.2, 0) is 6.54 Å². The summed E-state index contributed by atoms with van der Waals surface area (Å²) in [5.74, 6) is 0.705. The number of thiophene rings is 1. The van der Waals surface area contributed by atoms with E-state index in [0.717, 1.165) is 10.9 Å². The first kappa shape index (κ1) is 16.1. The largest absolute Gasteiger partial charge is 0.491 e. The van der Waals surface area contributed by atoms with Gasteiger partial charge in [0.1, 0.15) is 18.5 Å². The number of hydrogen-bond acceptors (Lipinski definition) is 5. The third-order valence-electron chi connectivity index (χ3n) is 2.90. The molecule has 2 rings (SSSR count). The smallest absolute Gasteiger partial charge is 0.119 e. The molecule has 0 aliphatic heterocycles. The Labute approximate surface area is 133 Å². The number of ether oxygens (including phenoxy) is 1. The second-order valence-corrected chi connectivity index (χ2v) is 6.74. The van der Waals surface area contributed by atoms with E-state index in [2.05, 4.69) is 0 Å². The minimum Gasteiger partial charge on any atom is -0.491 e. The minimum absolute atomic E-state index is 0.249. The molecule has 0 amide bonds. The highest BCUT2D eigenvalue weighted by Crippen LogP contribution is 2.22. The highest BCUT2D eigenvalue weighted by atomic mass is 35.5. The van der Waals surface area contributed by atoms with E-state index in [4.69, 9.17) is 22.1 Å². The predicted octanol–water partition coefficient (Wildman–Crippen LogP) is 2.86. The third kappa shape index (κ3) is 5.55. The Hall–Kier alpha value is -1.27. The molecule has 0 aliphatic rings. The number of aliphatic hydroxyl groups excluding tert-OH is 1. The summed E-state index contributed by atoms with van der Waals surface area (Å²) < 4.78 is 6.31. The monoisotopic (exact) mass is 326 g/mol. The fourth-order valence-electron chi connectivity index (χ4n) is 1.94. The molecule has 1 heterocycles. The maximum absolute atomic E-state index is 10.0. The number of halogens is 1. The summed E-state index contributed by atoms with van der Waals surface area (Å²) in [6.07, 6.45) is -0.553. The molecule has 0 fully saturated rings. The van der Waals surface area contributed by atoms with Crippen LogP contribution in [-0.4, -0.2) is 36.3 Å². The van der Waals surface area contributed by atoms with Gasteiger partial charge in [-0.1, -0.05) is 11.6 Å². The zero-order valence-corrected chi connectivity index (χ0v) is 13.4. The Kier molecular flexibility index (Phi) is 5.87. The first-order valence-corrected chi connectivity index (χ1v) is 7.81. The lowest BCUT2D eigenvalue weighted by Crippen LogP contribution is -2.32. The third-order valence-corrected chi connectivity index (χ3v) is 4.12. The van der Waals surface area contributed by atoms with E-state index in [1.54, 1.807) is 35.6 Å². The Morgan fingerprint density at radius 1 is 1.29 bits per heavy atom. The molecule has 0 bridgehead atoms. The zero-order chi connectivity index (χ0) is 15.2. The Balaban J connectivity index is 1.73. The van der Waals surface area contributed by atoms with Crippen LogP contribution < -0.4 is 10.5 Å². The molecule has 1 atom stereocenters. The highest BCUT2D eigenvalue weighted by molar-refractivity contribution is 7.16. The molecule has 0 saturated carbocycles. The molecule has 1 aromatic carbocycles. The average Bonchev–Trinajstić information content (AvgIpc) is 2.83. The molecule has 114 valence electrons. The lowest BCUT2D eigenvalue weighted by molar-refractivity contribution is 0.0747. The number of nitrogens with two attached hydrogens (primary N) is 1.